The normalized spacial score (nSPS) is 10.5. The number of aromatic nitrogens is 3. The maximum Gasteiger partial charge on any atom is 0.233 e. The maximum absolute atomic E-state index is 14.1. The standard InChI is InChI=1S/C16H23FN6O/c1-4-8-23(9-5-2)16-21-14(18)20-15(22-16)19-13-7-6-11(24-3)10-12(13)17/h6-7,10H,4-5,8-9H2,1-3H3,(H3,18,19,20,21,22). The van der Waals surface area contributed by atoms with Crippen molar-refractivity contribution in [2.24, 2.45) is 0 Å². The van der Waals surface area contributed by atoms with Crippen LogP contribution in [0.5, 0.6) is 5.75 Å². The first-order valence-corrected chi connectivity index (χ1v) is 7.94. The first kappa shape index (κ1) is 17.7. The number of nitrogens with one attached hydrogen (secondary N) is 1. The van der Waals surface area contributed by atoms with Gasteiger partial charge in [0.1, 0.15) is 11.6 Å². The van der Waals surface area contributed by atoms with Gasteiger partial charge in [-0.05, 0) is 25.0 Å². The zero-order chi connectivity index (χ0) is 17.5. The third kappa shape index (κ3) is 4.43. The number of hydrogen-bond acceptors (Lipinski definition) is 7. The summed E-state index contributed by atoms with van der Waals surface area (Å²) in [6.07, 6.45) is 1.92. The van der Waals surface area contributed by atoms with Crippen LogP contribution in [0.2, 0.25) is 0 Å². The summed E-state index contributed by atoms with van der Waals surface area (Å²) in [4.78, 5) is 14.6. The molecule has 1 aromatic carbocycles. The van der Waals surface area contributed by atoms with Crippen LogP contribution in [0.15, 0.2) is 18.2 Å². The second-order valence-electron chi connectivity index (χ2n) is 5.28. The fourth-order valence-corrected chi connectivity index (χ4v) is 2.27. The van der Waals surface area contributed by atoms with Gasteiger partial charge in [0.15, 0.2) is 0 Å². The van der Waals surface area contributed by atoms with Crippen molar-refractivity contribution >= 4 is 23.5 Å². The fraction of sp³-hybridized carbons (Fsp3) is 0.438. The van der Waals surface area contributed by atoms with Crippen molar-refractivity contribution in [3.05, 3.63) is 24.0 Å². The lowest BCUT2D eigenvalue weighted by molar-refractivity contribution is 0.411. The van der Waals surface area contributed by atoms with Crippen LogP contribution in [0.1, 0.15) is 26.7 Å². The third-order valence-electron chi connectivity index (χ3n) is 3.33. The summed E-state index contributed by atoms with van der Waals surface area (Å²) in [5, 5.41) is 2.84. The van der Waals surface area contributed by atoms with Gasteiger partial charge >= 0.3 is 0 Å². The number of anilines is 4. The Morgan fingerprint density at radius 3 is 2.46 bits per heavy atom. The highest BCUT2D eigenvalue weighted by Gasteiger charge is 2.13. The van der Waals surface area contributed by atoms with Crippen LogP contribution in [-0.4, -0.2) is 35.2 Å². The molecular formula is C16H23FN6O. The monoisotopic (exact) mass is 334 g/mol. The Kier molecular flexibility index (Phi) is 6.11. The average molecular weight is 334 g/mol. The number of methoxy groups -OCH3 is 1. The number of ether oxygens (including phenoxy) is 1. The van der Waals surface area contributed by atoms with Gasteiger partial charge < -0.3 is 20.7 Å². The summed E-state index contributed by atoms with van der Waals surface area (Å²) >= 11 is 0. The number of benzene rings is 1. The summed E-state index contributed by atoms with van der Waals surface area (Å²) in [7, 11) is 1.48. The van der Waals surface area contributed by atoms with Crippen LogP contribution in [0.4, 0.5) is 27.9 Å². The van der Waals surface area contributed by atoms with Crippen LogP contribution in [0, 0.1) is 5.82 Å². The molecule has 0 fully saturated rings. The SMILES string of the molecule is CCCN(CCC)c1nc(N)nc(Nc2ccc(OC)cc2F)n1. The second kappa shape index (κ2) is 8.28. The van der Waals surface area contributed by atoms with E-state index >= 15 is 0 Å². The van der Waals surface area contributed by atoms with Gasteiger partial charge in [0.05, 0.1) is 12.8 Å². The fourth-order valence-electron chi connectivity index (χ4n) is 2.27. The molecule has 7 nitrogen and oxygen atoms in total. The molecule has 0 amide bonds. The van der Waals surface area contributed by atoms with E-state index in [9.17, 15) is 4.39 Å². The molecule has 24 heavy (non-hydrogen) atoms. The Bertz CT molecular complexity index is 676. The topological polar surface area (TPSA) is 89.2 Å². The highest BCUT2D eigenvalue weighted by Crippen LogP contribution is 2.23. The van der Waals surface area contributed by atoms with Gasteiger partial charge in [-0.1, -0.05) is 13.8 Å². The molecule has 0 aliphatic heterocycles. The van der Waals surface area contributed by atoms with Crippen LogP contribution >= 0.6 is 0 Å². The minimum Gasteiger partial charge on any atom is -0.497 e. The average Bonchev–Trinajstić information content (AvgIpc) is 2.56. The number of nitrogens with zero attached hydrogens (tertiary/aromatic N) is 4. The molecule has 3 N–H and O–H groups in total. The molecule has 8 heteroatoms. The molecule has 0 aliphatic rings. The lowest BCUT2D eigenvalue weighted by Gasteiger charge is -2.21. The van der Waals surface area contributed by atoms with Crippen molar-refractivity contribution in [2.45, 2.75) is 26.7 Å². The molecule has 2 rings (SSSR count). The van der Waals surface area contributed by atoms with E-state index in [-0.39, 0.29) is 17.6 Å². The van der Waals surface area contributed by atoms with E-state index in [1.807, 2.05) is 4.90 Å². The predicted molar refractivity (Wildman–Crippen MR) is 93.3 cm³/mol. The van der Waals surface area contributed by atoms with Crippen molar-refractivity contribution in [2.75, 3.05) is 36.1 Å². The quantitative estimate of drug-likeness (QED) is 0.767. The van der Waals surface area contributed by atoms with Crippen LogP contribution < -0.4 is 20.7 Å². The second-order valence-corrected chi connectivity index (χ2v) is 5.28. The molecule has 0 saturated heterocycles. The number of halogens is 1. The van der Waals surface area contributed by atoms with Crippen molar-refractivity contribution < 1.29 is 9.13 Å². The van der Waals surface area contributed by atoms with Gasteiger partial charge in [0.25, 0.3) is 0 Å². The third-order valence-corrected chi connectivity index (χ3v) is 3.33. The molecule has 0 atom stereocenters. The van der Waals surface area contributed by atoms with Gasteiger partial charge in [-0.3, -0.25) is 0 Å². The zero-order valence-corrected chi connectivity index (χ0v) is 14.2. The Morgan fingerprint density at radius 1 is 1.17 bits per heavy atom. The molecule has 0 unspecified atom stereocenters. The van der Waals surface area contributed by atoms with E-state index in [0.717, 1.165) is 25.9 Å². The van der Waals surface area contributed by atoms with E-state index < -0.39 is 5.82 Å². The lowest BCUT2D eigenvalue weighted by Crippen LogP contribution is -2.27. The van der Waals surface area contributed by atoms with E-state index in [4.69, 9.17) is 10.5 Å². The number of rotatable bonds is 8. The molecule has 0 bridgehead atoms. The summed E-state index contributed by atoms with van der Waals surface area (Å²) in [5.74, 6) is 0.759. The maximum atomic E-state index is 14.1. The number of nitrogens with two attached hydrogens (primary N) is 1. The molecule has 1 aromatic heterocycles. The Morgan fingerprint density at radius 2 is 1.88 bits per heavy atom. The van der Waals surface area contributed by atoms with Gasteiger partial charge in [-0.15, -0.1) is 0 Å². The minimum atomic E-state index is -0.464. The van der Waals surface area contributed by atoms with E-state index in [1.165, 1.54) is 13.2 Å². The van der Waals surface area contributed by atoms with Gasteiger partial charge in [-0.25, -0.2) is 4.39 Å². The predicted octanol–water partition coefficient (Wildman–Crippen LogP) is 2.97. The zero-order valence-electron chi connectivity index (χ0n) is 14.2. The summed E-state index contributed by atoms with van der Waals surface area (Å²) in [5.41, 5.74) is 6.02. The van der Waals surface area contributed by atoms with E-state index in [1.54, 1.807) is 12.1 Å². The highest BCUT2D eigenvalue weighted by molar-refractivity contribution is 5.57. The smallest absolute Gasteiger partial charge is 0.233 e. The lowest BCUT2D eigenvalue weighted by atomic mass is 10.3. The van der Waals surface area contributed by atoms with Gasteiger partial charge in [0, 0.05) is 19.2 Å². The molecule has 130 valence electrons. The van der Waals surface area contributed by atoms with E-state index in [2.05, 4.69) is 34.1 Å². The van der Waals surface area contributed by atoms with Crippen LogP contribution in [-0.2, 0) is 0 Å². The number of hydrogen-bond donors (Lipinski definition) is 2. The summed E-state index contributed by atoms with van der Waals surface area (Å²) in [6, 6.07) is 4.50. The first-order valence-electron chi connectivity index (χ1n) is 7.94. The van der Waals surface area contributed by atoms with Gasteiger partial charge in [0.2, 0.25) is 17.8 Å². The highest BCUT2D eigenvalue weighted by atomic mass is 19.1. The van der Waals surface area contributed by atoms with Crippen LogP contribution in [0.3, 0.4) is 0 Å². The summed E-state index contributed by atoms with van der Waals surface area (Å²) in [6.45, 7) is 5.79. The van der Waals surface area contributed by atoms with Crippen molar-refractivity contribution in [3.63, 3.8) is 0 Å². The minimum absolute atomic E-state index is 0.0913. The van der Waals surface area contributed by atoms with Crippen molar-refractivity contribution in [1.82, 2.24) is 15.0 Å². The molecule has 0 spiro atoms. The van der Waals surface area contributed by atoms with Gasteiger partial charge in [-0.2, -0.15) is 15.0 Å². The van der Waals surface area contributed by atoms with Crippen molar-refractivity contribution in [3.8, 4) is 5.75 Å². The van der Waals surface area contributed by atoms with Crippen LogP contribution in [0.25, 0.3) is 0 Å². The Labute approximate surface area is 141 Å². The molecule has 1 heterocycles. The van der Waals surface area contributed by atoms with E-state index in [0.29, 0.717) is 11.7 Å². The molecular weight excluding hydrogens is 311 g/mol. The Hall–Kier alpha value is -2.64. The first-order chi connectivity index (χ1) is 11.6. The molecule has 0 aliphatic carbocycles. The number of nitrogen functional groups attached to an aromatic ring is 1. The molecule has 0 saturated carbocycles. The molecule has 2 aromatic rings. The largest absolute Gasteiger partial charge is 0.497 e. The molecule has 0 radical (unpaired) electrons. The Balaban J connectivity index is 2.27. The summed E-state index contributed by atoms with van der Waals surface area (Å²) < 4.78 is 19.1. The van der Waals surface area contributed by atoms with Crippen molar-refractivity contribution in [1.29, 1.82) is 0 Å².